The third-order valence-electron chi connectivity index (χ3n) is 2.59. The average molecular weight is 211 g/mol. The van der Waals surface area contributed by atoms with Crippen LogP contribution in [0, 0.1) is 5.41 Å². The minimum absolute atomic E-state index is 0.0927. The van der Waals surface area contributed by atoms with Gasteiger partial charge >= 0.3 is 6.03 Å². The second-order valence-electron chi connectivity index (χ2n) is 4.45. The molecule has 1 atom stereocenters. The third kappa shape index (κ3) is 1.73. The van der Waals surface area contributed by atoms with Crippen molar-refractivity contribution < 1.29 is 9.59 Å². The quantitative estimate of drug-likeness (QED) is 0.306. The molecule has 0 aromatic rings. The molecule has 3 amide bonds. The maximum Gasteiger partial charge on any atom is 0.322 e. The zero-order valence-electron chi connectivity index (χ0n) is 8.87. The van der Waals surface area contributed by atoms with Crippen LogP contribution in [0.4, 0.5) is 4.79 Å². The van der Waals surface area contributed by atoms with E-state index in [0.717, 1.165) is 0 Å². The van der Waals surface area contributed by atoms with E-state index in [9.17, 15) is 9.59 Å². The Hall–Kier alpha value is -1.75. The second-order valence-corrected chi connectivity index (χ2v) is 4.45. The van der Waals surface area contributed by atoms with Gasteiger partial charge in [-0.25, -0.2) is 4.79 Å². The van der Waals surface area contributed by atoms with E-state index in [-0.39, 0.29) is 6.54 Å². The molecule has 1 aliphatic heterocycles. The van der Waals surface area contributed by atoms with Crippen LogP contribution >= 0.6 is 0 Å². The molecular formula is C8H13N5O2. The molecule has 0 saturated carbocycles. The summed E-state index contributed by atoms with van der Waals surface area (Å²) in [6.07, 6.45) is 0. The zero-order chi connectivity index (χ0) is 11.7. The molecule has 1 aliphatic rings. The molecule has 0 spiro atoms. The summed E-state index contributed by atoms with van der Waals surface area (Å²) in [5, 5.41) is 8.06. The summed E-state index contributed by atoms with van der Waals surface area (Å²) in [5.41, 5.74) is 6.59. The molecule has 0 aliphatic carbocycles. The Morgan fingerprint density at radius 1 is 1.47 bits per heavy atom. The van der Waals surface area contributed by atoms with Gasteiger partial charge in [-0.1, -0.05) is 25.9 Å². The minimum Gasteiger partial charge on any atom is -0.323 e. The number of hydrogen-bond donors (Lipinski definition) is 2. The van der Waals surface area contributed by atoms with Crippen LogP contribution in [0.15, 0.2) is 5.11 Å². The highest BCUT2D eigenvalue weighted by Gasteiger charge is 2.53. The Labute approximate surface area is 86.8 Å². The fourth-order valence-electron chi connectivity index (χ4n) is 1.51. The molecule has 1 heterocycles. The fourth-order valence-corrected chi connectivity index (χ4v) is 1.51. The van der Waals surface area contributed by atoms with Gasteiger partial charge in [-0.15, -0.1) is 0 Å². The van der Waals surface area contributed by atoms with Crippen LogP contribution in [0.5, 0.6) is 0 Å². The molecule has 7 nitrogen and oxygen atoms in total. The number of nitrogens with zero attached hydrogens (tertiary/aromatic N) is 3. The Bertz CT molecular complexity index is 353. The van der Waals surface area contributed by atoms with Gasteiger partial charge in [0, 0.05) is 4.91 Å². The lowest BCUT2D eigenvalue weighted by Crippen LogP contribution is -2.59. The van der Waals surface area contributed by atoms with Gasteiger partial charge in [-0.05, 0) is 10.9 Å². The van der Waals surface area contributed by atoms with Crippen LogP contribution in [0.25, 0.3) is 10.4 Å². The number of imide groups is 1. The summed E-state index contributed by atoms with van der Waals surface area (Å²) in [4.78, 5) is 25.4. The number of hydrogen-bond acceptors (Lipinski definition) is 3. The lowest BCUT2D eigenvalue weighted by Gasteiger charge is -2.37. The summed E-state index contributed by atoms with van der Waals surface area (Å²) in [6, 6.07) is -0.553. The molecule has 0 bridgehead atoms. The normalized spacial score (nSPS) is 25.5. The van der Waals surface area contributed by atoms with Gasteiger partial charge in [-0.2, -0.15) is 0 Å². The van der Waals surface area contributed by atoms with Gasteiger partial charge in [-0.3, -0.25) is 10.1 Å². The predicted octanol–water partition coefficient (Wildman–Crippen LogP) is 0.921. The summed E-state index contributed by atoms with van der Waals surface area (Å²) >= 11 is 0. The van der Waals surface area contributed by atoms with Crippen molar-refractivity contribution in [2.75, 3.05) is 6.54 Å². The third-order valence-corrected chi connectivity index (χ3v) is 2.59. The number of azide groups is 1. The molecule has 15 heavy (non-hydrogen) atoms. The van der Waals surface area contributed by atoms with Gasteiger partial charge in [0.2, 0.25) is 0 Å². The molecule has 1 saturated heterocycles. The lowest BCUT2D eigenvalue weighted by atomic mass is 9.73. The van der Waals surface area contributed by atoms with Crippen molar-refractivity contribution in [2.24, 2.45) is 10.5 Å². The van der Waals surface area contributed by atoms with E-state index in [2.05, 4.69) is 20.7 Å². The Kier molecular flexibility index (Phi) is 2.59. The van der Waals surface area contributed by atoms with Crippen molar-refractivity contribution >= 4 is 11.9 Å². The smallest absolute Gasteiger partial charge is 0.322 e. The topological polar surface area (TPSA) is 107 Å². The number of urea groups is 1. The van der Waals surface area contributed by atoms with Crippen LogP contribution < -0.4 is 10.6 Å². The molecule has 0 radical (unpaired) electrons. The molecule has 2 N–H and O–H groups in total. The molecule has 1 rings (SSSR count). The van der Waals surface area contributed by atoms with Gasteiger partial charge in [0.15, 0.2) is 0 Å². The summed E-state index contributed by atoms with van der Waals surface area (Å²) < 4.78 is 0. The number of amides is 3. The average Bonchev–Trinajstić information content (AvgIpc) is 2.37. The molecule has 0 aromatic heterocycles. The first-order chi connectivity index (χ1) is 6.83. The van der Waals surface area contributed by atoms with Gasteiger partial charge in [0.1, 0.15) is 5.54 Å². The number of carbonyl (C=O) groups excluding carboxylic acids is 2. The molecule has 1 fully saturated rings. The molecule has 82 valence electrons. The first kappa shape index (κ1) is 11.3. The van der Waals surface area contributed by atoms with E-state index in [4.69, 9.17) is 5.53 Å². The molecule has 7 heteroatoms. The summed E-state index contributed by atoms with van der Waals surface area (Å²) in [6.45, 7) is 5.30. The van der Waals surface area contributed by atoms with E-state index in [0.29, 0.717) is 0 Å². The van der Waals surface area contributed by atoms with Crippen LogP contribution in [0.2, 0.25) is 0 Å². The highest BCUT2D eigenvalue weighted by molar-refractivity contribution is 6.07. The van der Waals surface area contributed by atoms with Crippen LogP contribution in [0.3, 0.4) is 0 Å². The minimum atomic E-state index is -1.16. The van der Waals surface area contributed by atoms with E-state index in [1.165, 1.54) is 0 Å². The Morgan fingerprint density at radius 3 is 2.40 bits per heavy atom. The maximum atomic E-state index is 11.7. The van der Waals surface area contributed by atoms with Crippen LogP contribution in [0.1, 0.15) is 20.8 Å². The van der Waals surface area contributed by atoms with E-state index < -0.39 is 22.9 Å². The Balaban J connectivity index is 3.12. The van der Waals surface area contributed by atoms with Crippen molar-refractivity contribution in [1.82, 2.24) is 10.6 Å². The predicted molar refractivity (Wildman–Crippen MR) is 52.9 cm³/mol. The zero-order valence-corrected chi connectivity index (χ0v) is 8.87. The van der Waals surface area contributed by atoms with E-state index >= 15 is 0 Å². The maximum absolute atomic E-state index is 11.7. The van der Waals surface area contributed by atoms with Crippen molar-refractivity contribution in [3.05, 3.63) is 10.4 Å². The standard InChI is InChI=1S/C8H13N5O2/c1-7(2,3)8(4-10-13-9)5(14)11-6(15)12-8/h4H2,1-3H3,(H2,11,12,14,15)/t8-/m1/s1. The first-order valence-electron chi connectivity index (χ1n) is 4.48. The summed E-state index contributed by atoms with van der Waals surface area (Å²) in [5.74, 6) is -0.451. The van der Waals surface area contributed by atoms with E-state index in [1.54, 1.807) is 20.8 Å². The summed E-state index contributed by atoms with van der Waals surface area (Å²) in [7, 11) is 0. The SMILES string of the molecule is CC(C)(C)[C@]1(CN=[N+]=[N-])NC(=O)NC1=O. The van der Waals surface area contributed by atoms with E-state index in [1.807, 2.05) is 0 Å². The van der Waals surface area contributed by atoms with Crippen LogP contribution in [-0.4, -0.2) is 24.0 Å². The molecule has 0 aromatic carbocycles. The van der Waals surface area contributed by atoms with Crippen molar-refractivity contribution in [1.29, 1.82) is 0 Å². The number of nitrogens with one attached hydrogen (secondary N) is 2. The van der Waals surface area contributed by atoms with Crippen molar-refractivity contribution in [2.45, 2.75) is 26.3 Å². The van der Waals surface area contributed by atoms with Crippen LogP contribution in [-0.2, 0) is 4.79 Å². The van der Waals surface area contributed by atoms with Crippen molar-refractivity contribution in [3.8, 4) is 0 Å². The number of rotatable bonds is 2. The van der Waals surface area contributed by atoms with Gasteiger partial charge < -0.3 is 5.32 Å². The molecular weight excluding hydrogens is 198 g/mol. The highest BCUT2D eigenvalue weighted by Crippen LogP contribution is 2.33. The van der Waals surface area contributed by atoms with Crippen molar-refractivity contribution in [3.63, 3.8) is 0 Å². The highest BCUT2D eigenvalue weighted by atomic mass is 16.2. The second kappa shape index (κ2) is 3.43. The monoisotopic (exact) mass is 211 g/mol. The largest absolute Gasteiger partial charge is 0.323 e. The first-order valence-corrected chi connectivity index (χ1v) is 4.48. The Morgan fingerprint density at radius 2 is 2.07 bits per heavy atom. The lowest BCUT2D eigenvalue weighted by molar-refractivity contribution is -0.127. The fraction of sp³-hybridized carbons (Fsp3) is 0.750. The molecule has 0 unspecified atom stereocenters. The van der Waals surface area contributed by atoms with Gasteiger partial charge in [0.05, 0.1) is 6.54 Å². The number of carbonyl (C=O) groups is 2. The van der Waals surface area contributed by atoms with Gasteiger partial charge in [0.25, 0.3) is 5.91 Å².